The van der Waals surface area contributed by atoms with Crippen LogP contribution in [-0.2, 0) is 32.5 Å². The summed E-state index contributed by atoms with van der Waals surface area (Å²) in [5, 5.41) is 14.6. The van der Waals surface area contributed by atoms with Gasteiger partial charge in [0.1, 0.15) is 22.0 Å². The van der Waals surface area contributed by atoms with E-state index in [-0.39, 0.29) is 54.6 Å². The topological polar surface area (TPSA) is 120 Å². The minimum Gasteiger partial charge on any atom is -0.493 e. The van der Waals surface area contributed by atoms with Gasteiger partial charge in [0.25, 0.3) is 0 Å². The van der Waals surface area contributed by atoms with Crippen LogP contribution in [0.25, 0.3) is 0 Å². The van der Waals surface area contributed by atoms with E-state index in [2.05, 4.69) is 49.3 Å². The van der Waals surface area contributed by atoms with Crippen molar-refractivity contribution in [3.8, 4) is 11.5 Å². The molecule has 4 heterocycles. The molecule has 0 bridgehead atoms. The second kappa shape index (κ2) is 14.4. The number of piperidine rings is 1. The van der Waals surface area contributed by atoms with Crippen molar-refractivity contribution in [1.29, 1.82) is 0 Å². The predicted octanol–water partition coefficient (Wildman–Crippen LogP) is 6.96. The summed E-state index contributed by atoms with van der Waals surface area (Å²) < 4.78 is 49.4. The van der Waals surface area contributed by atoms with Crippen molar-refractivity contribution < 1.29 is 32.5 Å². The van der Waals surface area contributed by atoms with E-state index in [1.165, 1.54) is 9.87 Å². The zero-order valence-electron chi connectivity index (χ0n) is 29.3. The average molecular weight is 694 g/mol. The number of hydrogen-bond donors (Lipinski definition) is 1. The van der Waals surface area contributed by atoms with E-state index in [1.807, 2.05) is 25.1 Å². The third-order valence-corrected chi connectivity index (χ3v) is 12.8. The van der Waals surface area contributed by atoms with Gasteiger partial charge in [0.15, 0.2) is 0 Å². The Kier molecular flexibility index (Phi) is 10.4. The highest BCUT2D eigenvalue weighted by molar-refractivity contribution is 7.89. The Labute approximate surface area is 290 Å². The molecule has 266 valence electrons. The molecule has 11 heteroatoms. The molecular formula is C38H51N3O7S. The summed E-state index contributed by atoms with van der Waals surface area (Å²) >= 11 is 0. The first-order valence-corrected chi connectivity index (χ1v) is 19.3. The number of fused-ring (bicyclic) bond motifs is 3. The van der Waals surface area contributed by atoms with Crippen LogP contribution in [0.15, 0.2) is 59.6 Å². The summed E-state index contributed by atoms with van der Waals surface area (Å²) in [6, 6.07) is 16.5. The van der Waals surface area contributed by atoms with E-state index in [1.54, 1.807) is 17.8 Å². The fourth-order valence-electron chi connectivity index (χ4n) is 7.92. The van der Waals surface area contributed by atoms with Crippen LogP contribution in [0.2, 0.25) is 0 Å². The number of ether oxygens (including phenoxy) is 3. The van der Waals surface area contributed by atoms with Gasteiger partial charge < -0.3 is 19.3 Å². The summed E-state index contributed by atoms with van der Waals surface area (Å²) in [5.41, 5.74) is 1.47. The number of hydrogen-bond acceptors (Lipinski definition) is 7. The van der Waals surface area contributed by atoms with E-state index in [9.17, 15) is 18.3 Å². The summed E-state index contributed by atoms with van der Waals surface area (Å²) in [4.78, 5) is 12.7. The lowest BCUT2D eigenvalue weighted by atomic mass is 9.75. The Bertz CT molecular complexity index is 1710. The molecule has 0 saturated carbocycles. The van der Waals surface area contributed by atoms with Crippen molar-refractivity contribution >= 4 is 16.0 Å². The monoisotopic (exact) mass is 693 g/mol. The zero-order valence-corrected chi connectivity index (χ0v) is 30.1. The van der Waals surface area contributed by atoms with E-state index in [0.717, 1.165) is 43.4 Å². The maximum Gasteiger partial charge on any atom is 0.309 e. The number of carboxylic acids is 1. The van der Waals surface area contributed by atoms with Crippen molar-refractivity contribution in [2.24, 2.45) is 11.3 Å². The standard InChI is InChI=1S/C38H51N3O7S/c1-5-21-40-26-34(27(2)39-40)49(44,45)41-22-19-38(20-23-41,36(42)43)18-9-24-46-30-14-16-31-33(25-30)48-37(3,4)32-17-15-29(47-35(31)32)13-12-28-10-7-6-8-11-28/h6-8,10-11,14,16,25-26,29,32,35H,5,9,12-13,15,17-24H2,1-4H3,(H,42,43)/t29-,32-,35+/m1/s1. The predicted molar refractivity (Wildman–Crippen MR) is 186 cm³/mol. The van der Waals surface area contributed by atoms with Crippen molar-refractivity contribution in [1.82, 2.24) is 14.1 Å². The van der Waals surface area contributed by atoms with Crippen LogP contribution in [0.1, 0.15) is 95.1 Å². The minimum absolute atomic E-state index is 0.0381. The molecule has 0 amide bonds. The third kappa shape index (κ3) is 7.54. The second-order valence-electron chi connectivity index (χ2n) is 14.6. The first-order valence-electron chi connectivity index (χ1n) is 17.8. The Hall–Kier alpha value is -3.41. The summed E-state index contributed by atoms with van der Waals surface area (Å²) in [7, 11) is -3.76. The zero-order chi connectivity index (χ0) is 34.8. The molecule has 2 saturated heterocycles. The normalized spacial score (nSPS) is 23.2. The molecule has 6 rings (SSSR count). The van der Waals surface area contributed by atoms with E-state index in [4.69, 9.17) is 14.2 Å². The second-order valence-corrected chi connectivity index (χ2v) is 16.5. The van der Waals surface area contributed by atoms with Crippen molar-refractivity contribution in [3.63, 3.8) is 0 Å². The van der Waals surface area contributed by atoms with Crippen LogP contribution >= 0.6 is 0 Å². The van der Waals surface area contributed by atoms with Crippen LogP contribution in [0, 0.1) is 18.3 Å². The minimum atomic E-state index is -3.76. The maximum atomic E-state index is 13.4. The van der Waals surface area contributed by atoms with Gasteiger partial charge in [-0.15, -0.1) is 0 Å². The first-order chi connectivity index (χ1) is 23.4. The molecule has 1 N–H and O–H groups in total. The van der Waals surface area contributed by atoms with Gasteiger partial charge in [-0.3, -0.25) is 9.48 Å². The van der Waals surface area contributed by atoms with E-state index < -0.39 is 21.4 Å². The van der Waals surface area contributed by atoms with Gasteiger partial charge in [-0.1, -0.05) is 37.3 Å². The number of aliphatic carboxylic acids is 1. The van der Waals surface area contributed by atoms with Gasteiger partial charge in [-0.05, 0) is 96.3 Å². The molecule has 2 aromatic carbocycles. The molecule has 49 heavy (non-hydrogen) atoms. The Morgan fingerprint density at radius 2 is 1.86 bits per heavy atom. The number of benzene rings is 2. The number of sulfonamides is 1. The van der Waals surface area contributed by atoms with Crippen LogP contribution < -0.4 is 9.47 Å². The van der Waals surface area contributed by atoms with Gasteiger partial charge in [-0.25, -0.2) is 8.42 Å². The number of rotatable bonds is 13. The SMILES string of the molecule is CCCn1cc(S(=O)(=O)N2CCC(CCCOc3ccc4c(c3)OC(C)(C)[C@@H]3CC[C@@H](CCc5ccccc5)O[C@@H]43)(C(=O)O)CC2)c(C)n1. The van der Waals surface area contributed by atoms with Crippen molar-refractivity contribution in [2.45, 2.75) is 115 Å². The Morgan fingerprint density at radius 3 is 2.57 bits per heavy atom. The molecule has 3 atom stereocenters. The number of carboxylic acid groups (broad SMARTS) is 1. The highest BCUT2D eigenvalue weighted by Gasteiger charge is 2.48. The summed E-state index contributed by atoms with van der Waals surface area (Å²) in [5.74, 6) is 0.827. The maximum absolute atomic E-state index is 13.4. The highest BCUT2D eigenvalue weighted by atomic mass is 32.2. The molecule has 10 nitrogen and oxygen atoms in total. The van der Waals surface area contributed by atoms with Crippen LogP contribution in [0.4, 0.5) is 0 Å². The molecule has 0 unspecified atom stereocenters. The third-order valence-electron chi connectivity index (χ3n) is 10.8. The largest absolute Gasteiger partial charge is 0.493 e. The molecule has 0 aliphatic carbocycles. The summed E-state index contributed by atoms with van der Waals surface area (Å²) in [6.07, 6.45) is 8.07. The quantitative estimate of drug-likeness (QED) is 0.191. The van der Waals surface area contributed by atoms with E-state index in [0.29, 0.717) is 37.4 Å². The van der Waals surface area contributed by atoms with Crippen LogP contribution in [0.3, 0.4) is 0 Å². The Balaban J connectivity index is 1.04. The number of aryl methyl sites for hydroxylation is 3. The fraction of sp³-hybridized carbons (Fsp3) is 0.579. The van der Waals surface area contributed by atoms with Crippen LogP contribution in [0.5, 0.6) is 11.5 Å². The van der Waals surface area contributed by atoms with Gasteiger partial charge in [-0.2, -0.15) is 9.40 Å². The van der Waals surface area contributed by atoms with Gasteiger partial charge in [0, 0.05) is 43.4 Å². The molecule has 0 spiro atoms. The van der Waals surface area contributed by atoms with Crippen LogP contribution in [-0.4, -0.2) is 65.0 Å². The fourth-order valence-corrected chi connectivity index (χ4v) is 9.53. The molecular weight excluding hydrogens is 642 g/mol. The van der Waals surface area contributed by atoms with Gasteiger partial charge >= 0.3 is 5.97 Å². The highest BCUT2D eigenvalue weighted by Crippen LogP contribution is 2.51. The number of nitrogens with zero attached hydrogens (tertiary/aromatic N) is 3. The van der Waals surface area contributed by atoms with Gasteiger partial charge in [0.05, 0.1) is 29.9 Å². The molecule has 1 aromatic heterocycles. The average Bonchev–Trinajstić information content (AvgIpc) is 3.46. The summed E-state index contributed by atoms with van der Waals surface area (Å²) in [6.45, 7) is 9.28. The van der Waals surface area contributed by atoms with Crippen molar-refractivity contribution in [2.75, 3.05) is 19.7 Å². The molecule has 3 aromatic rings. The lowest BCUT2D eigenvalue weighted by molar-refractivity contribution is -0.152. The molecule has 3 aliphatic rings. The Morgan fingerprint density at radius 1 is 1.10 bits per heavy atom. The molecule has 0 radical (unpaired) electrons. The smallest absolute Gasteiger partial charge is 0.309 e. The number of aromatic nitrogens is 2. The van der Waals surface area contributed by atoms with Gasteiger partial charge in [0.2, 0.25) is 10.0 Å². The molecule has 2 fully saturated rings. The first kappa shape index (κ1) is 35.4. The molecule has 3 aliphatic heterocycles. The van der Waals surface area contributed by atoms with E-state index >= 15 is 0 Å². The van der Waals surface area contributed by atoms with Crippen molar-refractivity contribution in [3.05, 3.63) is 71.5 Å². The lowest BCUT2D eigenvalue weighted by Gasteiger charge is -2.48. The number of carbonyl (C=O) groups is 1. The lowest BCUT2D eigenvalue weighted by Crippen LogP contribution is -2.48.